The molecule has 0 unspecified atom stereocenters. The molecule has 74 valence electrons. The zero-order chi connectivity index (χ0) is 8.97. The summed E-state index contributed by atoms with van der Waals surface area (Å²) in [5.41, 5.74) is 1.34. The number of likely N-dealkylation sites (N-methyl/N-ethyl adjacent to an activating group) is 1. The average Bonchev–Trinajstić information content (AvgIpc) is 2.03. The first-order chi connectivity index (χ1) is 5.68. The van der Waals surface area contributed by atoms with Crippen molar-refractivity contribution in [2.24, 2.45) is 0 Å². The first-order valence-electron chi connectivity index (χ1n) is 4.07. The van der Waals surface area contributed by atoms with Crippen molar-refractivity contribution in [3.8, 4) is 0 Å². The van der Waals surface area contributed by atoms with Crippen molar-refractivity contribution >= 4 is 24.0 Å². The standard InChI is InChI=1S/C10H14ClN.ClH/c1-12(2)8-7-9-3-5-10(11)6-4-9;/h3-6H,7-8H2,1-2H3;1H. The summed E-state index contributed by atoms with van der Waals surface area (Å²) < 4.78 is 0. The van der Waals surface area contributed by atoms with Crippen LogP contribution in [0.25, 0.3) is 0 Å². The van der Waals surface area contributed by atoms with Crippen LogP contribution in [0, 0.1) is 0 Å². The van der Waals surface area contributed by atoms with Crippen LogP contribution in [0.5, 0.6) is 0 Å². The van der Waals surface area contributed by atoms with Crippen LogP contribution in [0.1, 0.15) is 5.56 Å². The average molecular weight is 220 g/mol. The third kappa shape index (κ3) is 5.14. The fourth-order valence-corrected chi connectivity index (χ4v) is 1.13. The van der Waals surface area contributed by atoms with Crippen molar-refractivity contribution in [2.75, 3.05) is 20.6 Å². The lowest BCUT2D eigenvalue weighted by molar-refractivity contribution is 0.413. The van der Waals surface area contributed by atoms with Crippen molar-refractivity contribution in [3.63, 3.8) is 0 Å². The van der Waals surface area contributed by atoms with Gasteiger partial charge < -0.3 is 4.90 Å². The Kier molecular flexibility index (Phi) is 6.13. The fourth-order valence-electron chi connectivity index (χ4n) is 1.00. The molecular weight excluding hydrogens is 205 g/mol. The number of hydrogen-bond acceptors (Lipinski definition) is 1. The molecule has 0 heterocycles. The Morgan fingerprint density at radius 1 is 1.15 bits per heavy atom. The summed E-state index contributed by atoms with van der Waals surface area (Å²) in [7, 11) is 4.16. The molecule has 0 fully saturated rings. The minimum Gasteiger partial charge on any atom is -0.309 e. The normalized spacial score (nSPS) is 9.85. The second-order valence-electron chi connectivity index (χ2n) is 3.18. The van der Waals surface area contributed by atoms with E-state index in [-0.39, 0.29) is 12.4 Å². The highest BCUT2D eigenvalue weighted by atomic mass is 35.5. The monoisotopic (exact) mass is 219 g/mol. The molecule has 1 aromatic carbocycles. The van der Waals surface area contributed by atoms with Crippen molar-refractivity contribution in [1.29, 1.82) is 0 Å². The van der Waals surface area contributed by atoms with E-state index in [1.165, 1.54) is 5.56 Å². The highest BCUT2D eigenvalue weighted by molar-refractivity contribution is 6.30. The molecule has 0 aromatic heterocycles. The van der Waals surface area contributed by atoms with Crippen LogP contribution in [0.3, 0.4) is 0 Å². The van der Waals surface area contributed by atoms with Gasteiger partial charge in [-0.2, -0.15) is 0 Å². The van der Waals surface area contributed by atoms with Gasteiger partial charge in [0.05, 0.1) is 0 Å². The molecule has 0 aliphatic rings. The Balaban J connectivity index is 0.00000144. The maximum atomic E-state index is 5.76. The van der Waals surface area contributed by atoms with Crippen LogP contribution < -0.4 is 0 Å². The third-order valence-corrected chi connectivity index (χ3v) is 2.01. The molecule has 0 spiro atoms. The van der Waals surface area contributed by atoms with Crippen LogP contribution >= 0.6 is 24.0 Å². The quantitative estimate of drug-likeness (QED) is 0.757. The Morgan fingerprint density at radius 3 is 2.15 bits per heavy atom. The van der Waals surface area contributed by atoms with E-state index in [0.717, 1.165) is 18.0 Å². The number of halogens is 2. The second-order valence-corrected chi connectivity index (χ2v) is 3.62. The van der Waals surface area contributed by atoms with Crippen LogP contribution in [-0.2, 0) is 6.42 Å². The minimum absolute atomic E-state index is 0. The molecule has 1 nitrogen and oxygen atoms in total. The maximum Gasteiger partial charge on any atom is 0.0406 e. The lowest BCUT2D eigenvalue weighted by Gasteiger charge is -2.08. The Hall–Kier alpha value is -0.240. The molecule has 0 saturated heterocycles. The van der Waals surface area contributed by atoms with Gasteiger partial charge in [-0.1, -0.05) is 23.7 Å². The molecular formula is C10H15Cl2N. The van der Waals surface area contributed by atoms with Gasteiger partial charge in [0, 0.05) is 11.6 Å². The summed E-state index contributed by atoms with van der Waals surface area (Å²) in [6.07, 6.45) is 1.09. The topological polar surface area (TPSA) is 3.24 Å². The number of nitrogens with zero attached hydrogens (tertiary/aromatic N) is 1. The predicted molar refractivity (Wildman–Crippen MR) is 61.0 cm³/mol. The fraction of sp³-hybridized carbons (Fsp3) is 0.400. The van der Waals surface area contributed by atoms with Gasteiger partial charge in [-0.05, 0) is 38.2 Å². The molecule has 0 aliphatic carbocycles. The van der Waals surface area contributed by atoms with Crippen molar-refractivity contribution in [1.82, 2.24) is 4.90 Å². The molecule has 1 rings (SSSR count). The van der Waals surface area contributed by atoms with Gasteiger partial charge in [0.2, 0.25) is 0 Å². The van der Waals surface area contributed by atoms with Gasteiger partial charge in [-0.15, -0.1) is 12.4 Å². The lowest BCUT2D eigenvalue weighted by atomic mass is 10.1. The highest BCUT2D eigenvalue weighted by Gasteiger charge is 1.94. The van der Waals surface area contributed by atoms with E-state index in [4.69, 9.17) is 11.6 Å². The Bertz CT molecular complexity index is 231. The zero-order valence-corrected chi connectivity index (χ0v) is 9.53. The molecule has 1 aromatic rings. The van der Waals surface area contributed by atoms with Gasteiger partial charge in [-0.3, -0.25) is 0 Å². The van der Waals surface area contributed by atoms with Gasteiger partial charge in [0.1, 0.15) is 0 Å². The molecule has 0 saturated carbocycles. The zero-order valence-electron chi connectivity index (χ0n) is 7.96. The number of hydrogen-bond donors (Lipinski definition) is 0. The van der Waals surface area contributed by atoms with Crippen LogP contribution in [0.4, 0.5) is 0 Å². The van der Waals surface area contributed by atoms with E-state index in [0.29, 0.717) is 0 Å². The minimum atomic E-state index is 0. The van der Waals surface area contributed by atoms with E-state index < -0.39 is 0 Å². The van der Waals surface area contributed by atoms with E-state index >= 15 is 0 Å². The third-order valence-electron chi connectivity index (χ3n) is 1.76. The number of rotatable bonds is 3. The largest absolute Gasteiger partial charge is 0.309 e. The van der Waals surface area contributed by atoms with Gasteiger partial charge in [0.25, 0.3) is 0 Å². The first kappa shape index (κ1) is 12.8. The predicted octanol–water partition coefficient (Wildman–Crippen LogP) is 2.87. The highest BCUT2D eigenvalue weighted by Crippen LogP contribution is 2.09. The summed E-state index contributed by atoms with van der Waals surface area (Å²) in [4.78, 5) is 2.18. The summed E-state index contributed by atoms with van der Waals surface area (Å²) in [5.74, 6) is 0. The molecule has 3 heteroatoms. The molecule has 0 atom stereocenters. The lowest BCUT2D eigenvalue weighted by Crippen LogP contribution is -2.14. The summed E-state index contributed by atoms with van der Waals surface area (Å²) in [6, 6.07) is 8.02. The van der Waals surface area contributed by atoms with E-state index in [1.807, 2.05) is 12.1 Å². The molecule has 0 aliphatic heterocycles. The molecule has 0 radical (unpaired) electrons. The van der Waals surface area contributed by atoms with Gasteiger partial charge in [0.15, 0.2) is 0 Å². The maximum absolute atomic E-state index is 5.76. The van der Waals surface area contributed by atoms with Crippen LogP contribution in [0.15, 0.2) is 24.3 Å². The summed E-state index contributed by atoms with van der Waals surface area (Å²) in [6.45, 7) is 1.08. The van der Waals surface area contributed by atoms with E-state index in [2.05, 4.69) is 31.1 Å². The summed E-state index contributed by atoms with van der Waals surface area (Å²) >= 11 is 5.76. The Labute approximate surface area is 91.1 Å². The van der Waals surface area contributed by atoms with Crippen LogP contribution in [0.2, 0.25) is 5.02 Å². The van der Waals surface area contributed by atoms with E-state index in [1.54, 1.807) is 0 Å². The molecule has 0 bridgehead atoms. The second kappa shape index (κ2) is 6.25. The SMILES string of the molecule is CN(C)CCc1ccc(Cl)cc1.Cl. The molecule has 0 amide bonds. The van der Waals surface area contributed by atoms with Crippen molar-refractivity contribution < 1.29 is 0 Å². The molecule has 0 N–H and O–H groups in total. The van der Waals surface area contributed by atoms with Crippen LogP contribution in [-0.4, -0.2) is 25.5 Å². The Morgan fingerprint density at radius 2 is 1.69 bits per heavy atom. The van der Waals surface area contributed by atoms with Crippen molar-refractivity contribution in [3.05, 3.63) is 34.9 Å². The van der Waals surface area contributed by atoms with Gasteiger partial charge in [-0.25, -0.2) is 0 Å². The summed E-state index contributed by atoms with van der Waals surface area (Å²) in [5, 5.41) is 0.809. The first-order valence-corrected chi connectivity index (χ1v) is 4.45. The smallest absolute Gasteiger partial charge is 0.0406 e. The van der Waals surface area contributed by atoms with Gasteiger partial charge >= 0.3 is 0 Å². The van der Waals surface area contributed by atoms with E-state index in [9.17, 15) is 0 Å². The number of benzene rings is 1. The van der Waals surface area contributed by atoms with Crippen molar-refractivity contribution in [2.45, 2.75) is 6.42 Å². The molecule has 13 heavy (non-hydrogen) atoms.